The van der Waals surface area contributed by atoms with E-state index in [0.29, 0.717) is 36.4 Å². The Bertz CT molecular complexity index is 1410. The lowest BCUT2D eigenvalue weighted by Crippen LogP contribution is -2.59. The van der Waals surface area contributed by atoms with Crippen LogP contribution < -0.4 is 4.90 Å². The normalized spacial score (nSPS) is 32.2. The third kappa shape index (κ3) is 4.57. The summed E-state index contributed by atoms with van der Waals surface area (Å²) < 4.78 is 12.7. The quantitative estimate of drug-likeness (QED) is 0.402. The number of nitrogens with zero attached hydrogens (tertiary/aromatic N) is 2. The van der Waals surface area contributed by atoms with E-state index in [-0.39, 0.29) is 25.7 Å². The van der Waals surface area contributed by atoms with Gasteiger partial charge < -0.3 is 24.4 Å². The number of anilines is 1. The molecule has 4 aliphatic heterocycles. The molecule has 42 heavy (non-hydrogen) atoms. The molecule has 2 amide bonds. The molecular formula is C33H35ClN2O6. The first kappa shape index (κ1) is 28.6. The van der Waals surface area contributed by atoms with Crippen molar-refractivity contribution >= 4 is 35.1 Å². The summed E-state index contributed by atoms with van der Waals surface area (Å²) in [6, 6.07) is 14.6. The van der Waals surface area contributed by atoms with E-state index in [1.165, 1.54) is 4.90 Å². The number of aliphatic hydroxyl groups is 1. The third-order valence-electron chi connectivity index (χ3n) is 9.13. The molecule has 0 saturated carbocycles. The number of carbonyl (C=O) groups is 3. The number of fused-ring (bicyclic) bond motifs is 2. The molecule has 0 bridgehead atoms. The summed E-state index contributed by atoms with van der Waals surface area (Å²) in [5.74, 6) is -3.20. The summed E-state index contributed by atoms with van der Waals surface area (Å²) in [5.41, 5.74) is -1.03. The maximum absolute atomic E-state index is 14.7. The molecule has 1 spiro atoms. The van der Waals surface area contributed by atoms with Crippen molar-refractivity contribution in [3.63, 3.8) is 0 Å². The lowest BCUT2D eigenvalue weighted by atomic mass is 9.73. The highest BCUT2D eigenvalue weighted by Crippen LogP contribution is 2.58. The van der Waals surface area contributed by atoms with E-state index >= 15 is 0 Å². The number of cyclic esters (lactones) is 1. The molecule has 2 aromatic rings. The van der Waals surface area contributed by atoms with Gasteiger partial charge in [0, 0.05) is 17.3 Å². The van der Waals surface area contributed by atoms with Crippen LogP contribution in [0.4, 0.5) is 5.69 Å². The van der Waals surface area contributed by atoms with Crippen LogP contribution >= 0.6 is 11.6 Å². The smallest absolute Gasteiger partial charge is 0.313 e. The van der Waals surface area contributed by atoms with Gasteiger partial charge in [-0.3, -0.25) is 14.4 Å². The Morgan fingerprint density at radius 1 is 1.00 bits per heavy atom. The van der Waals surface area contributed by atoms with E-state index in [1.807, 2.05) is 61.6 Å². The Balaban J connectivity index is 1.51. The zero-order chi connectivity index (χ0) is 29.5. The van der Waals surface area contributed by atoms with Gasteiger partial charge in [0.05, 0.1) is 25.2 Å². The van der Waals surface area contributed by atoms with Gasteiger partial charge in [-0.25, -0.2) is 0 Å². The number of allylic oxidation sites excluding steroid dienone is 1. The van der Waals surface area contributed by atoms with Crippen LogP contribution in [0, 0.1) is 11.8 Å². The molecule has 2 saturated heterocycles. The van der Waals surface area contributed by atoms with Crippen molar-refractivity contribution in [2.45, 2.75) is 55.9 Å². The van der Waals surface area contributed by atoms with Gasteiger partial charge in [0.2, 0.25) is 5.91 Å². The zero-order valence-electron chi connectivity index (χ0n) is 23.5. The van der Waals surface area contributed by atoms with Crippen LogP contribution in [0.25, 0.3) is 0 Å². The number of likely N-dealkylation sites (tertiary alicyclic amines) is 1. The molecule has 0 aliphatic carbocycles. The van der Waals surface area contributed by atoms with E-state index in [2.05, 4.69) is 0 Å². The second-order valence-electron chi connectivity index (χ2n) is 11.4. The molecule has 1 unspecified atom stereocenters. The molecule has 9 heteroatoms. The molecule has 0 radical (unpaired) electrons. The van der Waals surface area contributed by atoms with Crippen molar-refractivity contribution in [1.29, 1.82) is 0 Å². The fourth-order valence-corrected chi connectivity index (χ4v) is 7.32. The Kier molecular flexibility index (Phi) is 7.72. The first-order valence-electron chi connectivity index (χ1n) is 14.6. The molecule has 2 aromatic carbocycles. The number of rotatable bonds is 6. The molecule has 8 nitrogen and oxygen atoms in total. The van der Waals surface area contributed by atoms with Gasteiger partial charge in [-0.1, -0.05) is 73.2 Å². The van der Waals surface area contributed by atoms with Gasteiger partial charge in [0.1, 0.15) is 23.2 Å². The zero-order valence-corrected chi connectivity index (χ0v) is 24.3. The van der Waals surface area contributed by atoms with Crippen molar-refractivity contribution in [3.8, 4) is 0 Å². The second kappa shape index (κ2) is 11.3. The summed E-state index contributed by atoms with van der Waals surface area (Å²) in [6.07, 6.45) is 9.65. The van der Waals surface area contributed by atoms with Crippen molar-refractivity contribution in [2.75, 3.05) is 24.7 Å². The first-order chi connectivity index (χ1) is 20.3. The highest BCUT2D eigenvalue weighted by Gasteiger charge is 2.76. The molecule has 4 heterocycles. The summed E-state index contributed by atoms with van der Waals surface area (Å²) in [4.78, 5) is 46.3. The second-order valence-corrected chi connectivity index (χ2v) is 11.9. The molecule has 0 aromatic heterocycles. The number of esters is 1. The molecule has 1 N–H and O–H groups in total. The maximum Gasteiger partial charge on any atom is 0.313 e. The summed E-state index contributed by atoms with van der Waals surface area (Å²) >= 11 is 6.14. The minimum atomic E-state index is -1.44. The first-order valence-corrected chi connectivity index (χ1v) is 15.0. The number of carbonyl (C=O) groups excluding carboxylic acids is 3. The van der Waals surface area contributed by atoms with Crippen molar-refractivity contribution in [2.24, 2.45) is 11.8 Å². The number of ether oxygens (including phenoxy) is 2. The third-order valence-corrected chi connectivity index (χ3v) is 9.38. The summed E-state index contributed by atoms with van der Waals surface area (Å²) in [6.45, 7) is 2.04. The van der Waals surface area contributed by atoms with Crippen LogP contribution in [-0.2, 0) is 30.3 Å². The van der Waals surface area contributed by atoms with E-state index in [0.717, 1.165) is 5.56 Å². The van der Waals surface area contributed by atoms with Gasteiger partial charge in [0.15, 0.2) is 0 Å². The largest absolute Gasteiger partial charge is 0.465 e. The average molecular weight is 591 g/mol. The van der Waals surface area contributed by atoms with Crippen LogP contribution in [0.5, 0.6) is 0 Å². The van der Waals surface area contributed by atoms with Crippen LogP contribution in [0.1, 0.15) is 31.7 Å². The van der Waals surface area contributed by atoms with Gasteiger partial charge in [0.25, 0.3) is 5.91 Å². The Hall–Kier alpha value is -3.46. The van der Waals surface area contributed by atoms with E-state index < -0.39 is 47.0 Å². The summed E-state index contributed by atoms with van der Waals surface area (Å²) in [7, 11) is 0. The standard InChI is InChI=1S/C33H35ClN2O6/c1-2-32-16-7-4-8-19-41-31(40)27(32)26-29(38)36(25(21-37)20-22-10-5-3-6-11-22)28-30(39)35(18-9-17-33(26,28)42-32)24-14-12-23(34)13-15-24/h3,5-7,9-17,25-28,37H,2,4,8,18-21H2,1H3/b16-7-/t25-,26+,27-,28?,32+,33+/m1/s1. The average Bonchev–Trinajstić information content (AvgIpc) is 3.38. The molecule has 6 rings (SSSR count). The van der Waals surface area contributed by atoms with Gasteiger partial charge in [-0.05, 0) is 55.5 Å². The molecule has 6 atom stereocenters. The minimum absolute atomic E-state index is 0.239. The number of amides is 2. The predicted octanol–water partition coefficient (Wildman–Crippen LogP) is 4.10. The topological polar surface area (TPSA) is 96.4 Å². The number of aliphatic hydroxyl groups excluding tert-OH is 1. The van der Waals surface area contributed by atoms with Crippen LogP contribution in [0.2, 0.25) is 5.02 Å². The Morgan fingerprint density at radius 3 is 2.48 bits per heavy atom. The molecule has 4 aliphatic rings. The number of benzene rings is 2. The number of hydrogen-bond acceptors (Lipinski definition) is 6. The Labute approximate surface area is 250 Å². The Morgan fingerprint density at radius 2 is 1.76 bits per heavy atom. The van der Waals surface area contributed by atoms with Gasteiger partial charge in [-0.15, -0.1) is 0 Å². The minimum Gasteiger partial charge on any atom is -0.465 e. The van der Waals surface area contributed by atoms with E-state index in [9.17, 15) is 19.5 Å². The van der Waals surface area contributed by atoms with E-state index in [4.69, 9.17) is 21.1 Å². The number of hydrogen-bond donors (Lipinski definition) is 1. The highest BCUT2D eigenvalue weighted by atomic mass is 35.5. The van der Waals surface area contributed by atoms with Crippen molar-refractivity contribution in [3.05, 3.63) is 89.5 Å². The molecule has 220 valence electrons. The van der Waals surface area contributed by atoms with Crippen LogP contribution in [0.15, 0.2) is 78.9 Å². The lowest BCUT2D eigenvalue weighted by Gasteiger charge is -2.40. The van der Waals surface area contributed by atoms with Crippen molar-refractivity contribution < 1.29 is 29.0 Å². The van der Waals surface area contributed by atoms with Crippen molar-refractivity contribution in [1.82, 2.24) is 4.90 Å². The fraction of sp³-hybridized carbons (Fsp3) is 0.424. The van der Waals surface area contributed by atoms with Crippen LogP contribution in [-0.4, -0.2) is 70.8 Å². The number of halogens is 1. The maximum atomic E-state index is 14.7. The summed E-state index contributed by atoms with van der Waals surface area (Å²) in [5, 5.41) is 11.2. The highest BCUT2D eigenvalue weighted by molar-refractivity contribution is 6.30. The van der Waals surface area contributed by atoms with Gasteiger partial charge >= 0.3 is 5.97 Å². The SMILES string of the molecule is CC[C@]12/C=C\CCCOC(=O)[C@H]1[C@H]1C(=O)N([C@@H](CO)Cc3ccccc3)C3C(=O)N(c4ccc(Cl)cc4)CC=C[C@@]31O2. The van der Waals surface area contributed by atoms with Crippen LogP contribution in [0.3, 0.4) is 0 Å². The fourth-order valence-electron chi connectivity index (χ4n) is 7.20. The monoisotopic (exact) mass is 590 g/mol. The van der Waals surface area contributed by atoms with Gasteiger partial charge in [-0.2, -0.15) is 0 Å². The van der Waals surface area contributed by atoms with E-state index in [1.54, 1.807) is 29.2 Å². The lowest BCUT2D eigenvalue weighted by molar-refractivity contribution is -0.161. The molecule has 2 fully saturated rings. The predicted molar refractivity (Wildman–Crippen MR) is 158 cm³/mol. The molecular weight excluding hydrogens is 556 g/mol.